The van der Waals surface area contributed by atoms with Gasteiger partial charge in [0.25, 0.3) is 0 Å². The van der Waals surface area contributed by atoms with Crippen LogP contribution in [0.1, 0.15) is 22.3 Å². The van der Waals surface area contributed by atoms with Crippen molar-refractivity contribution in [3.8, 4) is 0 Å². The molecule has 1 aliphatic rings. The number of halogens is 1. The van der Waals surface area contributed by atoms with Crippen molar-refractivity contribution >= 4 is 21.6 Å². The predicted octanol–water partition coefficient (Wildman–Crippen LogP) is 4.45. The Kier molecular flexibility index (Phi) is 3.61. The van der Waals surface area contributed by atoms with Gasteiger partial charge in [0.05, 0.1) is 0 Å². The predicted molar refractivity (Wildman–Crippen MR) is 85.0 cm³/mol. The zero-order chi connectivity index (χ0) is 13.2. The molecule has 1 nitrogen and oxygen atoms in total. The molecule has 2 heteroatoms. The Labute approximate surface area is 123 Å². The van der Waals surface area contributed by atoms with Crippen molar-refractivity contribution in [3.63, 3.8) is 0 Å². The molecule has 0 N–H and O–H groups in total. The molecular formula is C17H18BrN. The molecule has 0 spiro atoms. The second kappa shape index (κ2) is 5.38. The van der Waals surface area contributed by atoms with Crippen LogP contribution in [0.15, 0.2) is 42.5 Å². The molecule has 3 rings (SSSR count). The summed E-state index contributed by atoms with van der Waals surface area (Å²) in [4.78, 5) is 2.50. The van der Waals surface area contributed by atoms with Crippen LogP contribution >= 0.6 is 15.9 Å². The molecule has 0 aromatic heterocycles. The third kappa shape index (κ3) is 2.55. The first kappa shape index (κ1) is 12.7. The van der Waals surface area contributed by atoms with Crippen molar-refractivity contribution in [2.75, 3.05) is 11.4 Å². The Balaban J connectivity index is 1.93. The highest BCUT2D eigenvalue weighted by atomic mass is 79.9. The molecule has 0 unspecified atom stereocenters. The summed E-state index contributed by atoms with van der Waals surface area (Å²) in [5.74, 6) is 0. The van der Waals surface area contributed by atoms with E-state index in [1.54, 1.807) is 0 Å². The van der Waals surface area contributed by atoms with Crippen molar-refractivity contribution in [1.29, 1.82) is 0 Å². The van der Waals surface area contributed by atoms with Crippen LogP contribution in [0.25, 0.3) is 0 Å². The Morgan fingerprint density at radius 3 is 2.68 bits per heavy atom. The van der Waals surface area contributed by atoms with E-state index in [0.29, 0.717) is 0 Å². The molecule has 2 aromatic rings. The summed E-state index contributed by atoms with van der Waals surface area (Å²) in [7, 11) is 0. The van der Waals surface area contributed by atoms with Crippen LogP contribution in [-0.2, 0) is 18.3 Å². The van der Waals surface area contributed by atoms with Gasteiger partial charge in [0, 0.05) is 24.1 Å². The van der Waals surface area contributed by atoms with Gasteiger partial charge in [0.15, 0.2) is 0 Å². The molecule has 0 bridgehead atoms. The van der Waals surface area contributed by atoms with Gasteiger partial charge in [0.2, 0.25) is 0 Å². The van der Waals surface area contributed by atoms with Gasteiger partial charge in [-0.3, -0.25) is 0 Å². The third-order valence-electron chi connectivity index (χ3n) is 3.85. The second-order valence-corrected chi connectivity index (χ2v) is 5.77. The number of aryl methyl sites for hydroxylation is 1. The van der Waals surface area contributed by atoms with E-state index in [0.717, 1.165) is 24.8 Å². The van der Waals surface area contributed by atoms with Crippen LogP contribution in [0.2, 0.25) is 0 Å². The topological polar surface area (TPSA) is 3.24 Å². The normalized spacial score (nSPS) is 14.3. The summed E-state index contributed by atoms with van der Waals surface area (Å²) in [5, 5.41) is 0.919. The summed E-state index contributed by atoms with van der Waals surface area (Å²) in [6, 6.07) is 15.6. The van der Waals surface area contributed by atoms with Crippen LogP contribution in [0, 0.1) is 6.92 Å². The van der Waals surface area contributed by atoms with Crippen LogP contribution in [0.5, 0.6) is 0 Å². The largest absolute Gasteiger partial charge is 0.367 e. The highest BCUT2D eigenvalue weighted by Crippen LogP contribution is 2.29. The molecular weight excluding hydrogens is 298 g/mol. The zero-order valence-electron chi connectivity index (χ0n) is 11.2. The number of fused-ring (bicyclic) bond motifs is 1. The van der Waals surface area contributed by atoms with Crippen LogP contribution in [0.3, 0.4) is 0 Å². The maximum atomic E-state index is 3.61. The molecule has 1 aliphatic heterocycles. The van der Waals surface area contributed by atoms with Gasteiger partial charge in [-0.05, 0) is 36.1 Å². The highest BCUT2D eigenvalue weighted by molar-refractivity contribution is 9.08. The number of hydrogen-bond donors (Lipinski definition) is 0. The number of benzene rings is 2. The molecule has 0 saturated carbocycles. The van der Waals surface area contributed by atoms with Crippen molar-refractivity contribution in [2.45, 2.75) is 25.2 Å². The fraction of sp³-hybridized carbons (Fsp3) is 0.294. The lowest BCUT2D eigenvalue weighted by molar-refractivity contribution is 0.729. The van der Waals surface area contributed by atoms with E-state index in [2.05, 4.69) is 70.2 Å². The van der Waals surface area contributed by atoms with E-state index in [9.17, 15) is 0 Å². The van der Waals surface area contributed by atoms with E-state index < -0.39 is 0 Å². The zero-order valence-corrected chi connectivity index (χ0v) is 12.8. The quantitative estimate of drug-likeness (QED) is 0.740. The number of anilines is 1. The molecule has 0 atom stereocenters. The SMILES string of the molecule is Cc1ccc(N2CCc3ccccc3C2)c(CBr)c1. The molecule has 0 saturated heterocycles. The molecule has 0 radical (unpaired) electrons. The maximum absolute atomic E-state index is 3.61. The van der Waals surface area contributed by atoms with Crippen molar-refractivity contribution in [2.24, 2.45) is 0 Å². The fourth-order valence-corrected chi connectivity index (χ4v) is 3.28. The molecule has 0 fully saturated rings. The summed E-state index contributed by atoms with van der Waals surface area (Å²) in [6.07, 6.45) is 1.14. The van der Waals surface area contributed by atoms with Crippen LogP contribution < -0.4 is 4.90 Å². The summed E-state index contributed by atoms with van der Waals surface area (Å²) in [5.41, 5.74) is 7.06. The average Bonchev–Trinajstić information content (AvgIpc) is 2.46. The fourth-order valence-electron chi connectivity index (χ4n) is 2.83. The number of nitrogens with zero attached hydrogens (tertiary/aromatic N) is 1. The number of hydrogen-bond acceptors (Lipinski definition) is 1. The number of rotatable bonds is 2. The smallest absolute Gasteiger partial charge is 0.0432 e. The lowest BCUT2D eigenvalue weighted by Gasteiger charge is -2.32. The first-order chi connectivity index (χ1) is 9.28. The second-order valence-electron chi connectivity index (χ2n) is 5.21. The summed E-state index contributed by atoms with van der Waals surface area (Å²) >= 11 is 3.61. The Morgan fingerprint density at radius 2 is 1.89 bits per heavy atom. The number of alkyl halides is 1. The van der Waals surface area contributed by atoms with E-state index in [1.165, 1.54) is 27.9 Å². The van der Waals surface area contributed by atoms with Crippen molar-refractivity contribution in [1.82, 2.24) is 0 Å². The molecule has 0 amide bonds. The van der Waals surface area contributed by atoms with E-state index in [-0.39, 0.29) is 0 Å². The lowest BCUT2D eigenvalue weighted by atomic mass is 9.98. The van der Waals surface area contributed by atoms with Crippen molar-refractivity contribution < 1.29 is 0 Å². The molecule has 98 valence electrons. The van der Waals surface area contributed by atoms with Crippen molar-refractivity contribution in [3.05, 3.63) is 64.7 Å². The van der Waals surface area contributed by atoms with Gasteiger partial charge in [0.1, 0.15) is 0 Å². The first-order valence-electron chi connectivity index (χ1n) is 6.75. The maximum Gasteiger partial charge on any atom is 0.0432 e. The van der Waals surface area contributed by atoms with Gasteiger partial charge in [-0.2, -0.15) is 0 Å². The van der Waals surface area contributed by atoms with Gasteiger partial charge < -0.3 is 4.90 Å². The third-order valence-corrected chi connectivity index (χ3v) is 4.45. The Hall–Kier alpha value is -1.28. The highest BCUT2D eigenvalue weighted by Gasteiger charge is 2.17. The first-order valence-corrected chi connectivity index (χ1v) is 7.87. The van der Waals surface area contributed by atoms with Crippen LogP contribution in [-0.4, -0.2) is 6.54 Å². The average molecular weight is 316 g/mol. The molecule has 2 aromatic carbocycles. The van der Waals surface area contributed by atoms with Gasteiger partial charge in [-0.25, -0.2) is 0 Å². The lowest BCUT2D eigenvalue weighted by Crippen LogP contribution is -2.30. The van der Waals surface area contributed by atoms with E-state index in [1.807, 2.05) is 0 Å². The Bertz CT molecular complexity index is 592. The summed E-state index contributed by atoms with van der Waals surface area (Å²) in [6.45, 7) is 4.29. The Morgan fingerprint density at radius 1 is 1.11 bits per heavy atom. The standard InChI is InChI=1S/C17H18BrN/c1-13-6-7-17(16(10-13)11-18)19-9-8-14-4-2-3-5-15(14)12-19/h2-7,10H,8-9,11-12H2,1H3. The minimum absolute atomic E-state index is 0.919. The summed E-state index contributed by atoms with van der Waals surface area (Å²) < 4.78 is 0. The molecule has 1 heterocycles. The van der Waals surface area contributed by atoms with Gasteiger partial charge in [-0.15, -0.1) is 0 Å². The minimum Gasteiger partial charge on any atom is -0.367 e. The van der Waals surface area contributed by atoms with E-state index >= 15 is 0 Å². The van der Waals surface area contributed by atoms with Gasteiger partial charge >= 0.3 is 0 Å². The minimum atomic E-state index is 0.919. The monoisotopic (exact) mass is 315 g/mol. The van der Waals surface area contributed by atoms with E-state index in [4.69, 9.17) is 0 Å². The molecule has 0 aliphatic carbocycles. The molecule has 19 heavy (non-hydrogen) atoms. The van der Waals surface area contributed by atoms with Crippen LogP contribution in [0.4, 0.5) is 5.69 Å². The van der Waals surface area contributed by atoms with Gasteiger partial charge in [-0.1, -0.05) is 57.9 Å².